The van der Waals surface area contributed by atoms with Gasteiger partial charge in [0, 0.05) is 28.9 Å². The van der Waals surface area contributed by atoms with E-state index in [1.807, 2.05) is 30.0 Å². The molecule has 1 saturated heterocycles. The molecule has 4 rings (SSSR count). The van der Waals surface area contributed by atoms with Gasteiger partial charge in [-0.2, -0.15) is 0 Å². The Labute approximate surface area is 209 Å². The number of aromatic amines is 1. The second-order valence-electron chi connectivity index (χ2n) is 8.60. The SMILES string of the molecule is C=C(NC(C)c1nc2cc(Cl)ccc2[nH]1)c1cc(Cl)c(C(=O)N2CCCCC2C)cc1/N=C\N. The van der Waals surface area contributed by atoms with Crippen LogP contribution in [0.15, 0.2) is 41.9 Å². The summed E-state index contributed by atoms with van der Waals surface area (Å²) in [5.41, 5.74) is 9.45. The van der Waals surface area contributed by atoms with Crippen LogP contribution in [-0.4, -0.2) is 39.7 Å². The highest BCUT2D eigenvalue weighted by Gasteiger charge is 2.27. The van der Waals surface area contributed by atoms with Gasteiger partial charge in [-0.1, -0.05) is 29.8 Å². The largest absolute Gasteiger partial charge is 0.390 e. The summed E-state index contributed by atoms with van der Waals surface area (Å²) in [5, 5.41) is 4.32. The van der Waals surface area contributed by atoms with E-state index in [-0.39, 0.29) is 18.0 Å². The lowest BCUT2D eigenvalue weighted by atomic mass is 10.0. The number of likely N-dealkylation sites (tertiary alicyclic amines) is 1. The molecule has 0 radical (unpaired) electrons. The Morgan fingerprint density at radius 1 is 1.32 bits per heavy atom. The predicted molar refractivity (Wildman–Crippen MR) is 140 cm³/mol. The molecule has 4 N–H and O–H groups in total. The normalized spacial score (nSPS) is 17.3. The van der Waals surface area contributed by atoms with Crippen molar-refractivity contribution in [3.63, 3.8) is 0 Å². The lowest BCUT2D eigenvalue weighted by molar-refractivity contribution is 0.0636. The van der Waals surface area contributed by atoms with Crippen molar-refractivity contribution in [2.45, 2.75) is 45.2 Å². The zero-order chi connectivity index (χ0) is 24.4. The Kier molecular flexibility index (Phi) is 7.14. The van der Waals surface area contributed by atoms with Crippen molar-refractivity contribution in [3.05, 3.63) is 63.9 Å². The number of hydrogen-bond donors (Lipinski definition) is 3. The van der Waals surface area contributed by atoms with Crippen molar-refractivity contribution in [3.8, 4) is 0 Å². The second-order valence-corrected chi connectivity index (χ2v) is 9.44. The zero-order valence-electron chi connectivity index (χ0n) is 19.2. The minimum atomic E-state index is -0.192. The van der Waals surface area contributed by atoms with E-state index in [0.29, 0.717) is 32.6 Å². The number of amides is 1. The van der Waals surface area contributed by atoms with Gasteiger partial charge in [-0.3, -0.25) is 4.79 Å². The molecule has 0 spiro atoms. The Hall–Kier alpha value is -3.03. The van der Waals surface area contributed by atoms with Crippen LogP contribution in [0.3, 0.4) is 0 Å². The average Bonchev–Trinajstić information content (AvgIpc) is 3.23. The van der Waals surface area contributed by atoms with Gasteiger partial charge in [0.15, 0.2) is 0 Å². The highest BCUT2D eigenvalue weighted by Crippen LogP contribution is 2.33. The average molecular weight is 499 g/mol. The number of nitrogens with two attached hydrogens (primary N) is 1. The molecule has 9 heteroatoms. The molecule has 1 fully saturated rings. The first-order valence-electron chi connectivity index (χ1n) is 11.3. The molecular formula is C25H28Cl2N6O. The van der Waals surface area contributed by atoms with E-state index in [0.717, 1.165) is 42.7 Å². The Morgan fingerprint density at radius 2 is 2.12 bits per heavy atom. The maximum Gasteiger partial charge on any atom is 0.255 e. The number of carbonyl (C=O) groups excluding carboxylic acids is 1. The summed E-state index contributed by atoms with van der Waals surface area (Å²) in [4.78, 5) is 27.3. The van der Waals surface area contributed by atoms with Gasteiger partial charge < -0.3 is 20.9 Å². The van der Waals surface area contributed by atoms with E-state index in [2.05, 4.69) is 33.8 Å². The van der Waals surface area contributed by atoms with Crippen LogP contribution in [0.1, 0.15) is 60.9 Å². The van der Waals surface area contributed by atoms with Crippen molar-refractivity contribution >= 4 is 57.9 Å². The van der Waals surface area contributed by atoms with E-state index >= 15 is 0 Å². The molecule has 1 aromatic heterocycles. The number of nitrogens with zero attached hydrogens (tertiary/aromatic N) is 3. The molecule has 3 aromatic rings. The summed E-state index contributed by atoms with van der Waals surface area (Å²) in [5.74, 6) is 0.643. The van der Waals surface area contributed by atoms with Crippen molar-refractivity contribution in [1.82, 2.24) is 20.2 Å². The molecule has 1 aliphatic rings. The maximum atomic E-state index is 13.2. The fourth-order valence-electron chi connectivity index (χ4n) is 4.32. The van der Waals surface area contributed by atoms with Crippen molar-refractivity contribution in [1.29, 1.82) is 0 Å². The molecule has 34 heavy (non-hydrogen) atoms. The standard InChI is InChI=1S/C25H28Cl2N6O/c1-14-6-4-5-9-33(14)25(34)19-12-22(29-13-28)18(11-20(19)27)15(2)30-16(3)24-31-21-8-7-17(26)10-23(21)32-24/h7-8,10-14,16,30H,2,4-6,9H2,1,3H3,(H2,28,29)(H,31,32). The fourth-order valence-corrected chi connectivity index (χ4v) is 4.73. The van der Waals surface area contributed by atoms with Gasteiger partial charge in [0.05, 0.1) is 39.7 Å². The molecule has 1 aliphatic heterocycles. The van der Waals surface area contributed by atoms with Crippen molar-refractivity contribution in [2.75, 3.05) is 6.54 Å². The van der Waals surface area contributed by atoms with Crippen LogP contribution in [0.25, 0.3) is 16.7 Å². The molecule has 2 atom stereocenters. The number of nitrogens with one attached hydrogen (secondary N) is 2. The molecule has 7 nitrogen and oxygen atoms in total. The predicted octanol–water partition coefficient (Wildman–Crippen LogP) is 5.82. The molecular weight excluding hydrogens is 471 g/mol. The number of aromatic nitrogens is 2. The monoisotopic (exact) mass is 498 g/mol. The number of H-pyrrole nitrogens is 1. The number of piperidine rings is 1. The Morgan fingerprint density at radius 3 is 2.85 bits per heavy atom. The number of halogens is 2. The number of fused-ring (bicyclic) bond motifs is 1. The van der Waals surface area contributed by atoms with Gasteiger partial charge in [-0.15, -0.1) is 0 Å². The van der Waals surface area contributed by atoms with E-state index in [9.17, 15) is 4.79 Å². The van der Waals surface area contributed by atoms with Crippen molar-refractivity contribution < 1.29 is 4.79 Å². The van der Waals surface area contributed by atoms with Gasteiger partial charge in [0.2, 0.25) is 0 Å². The summed E-state index contributed by atoms with van der Waals surface area (Å²) in [6.45, 7) is 8.93. The minimum absolute atomic E-state index is 0.0925. The minimum Gasteiger partial charge on any atom is -0.390 e. The highest BCUT2D eigenvalue weighted by molar-refractivity contribution is 6.34. The fraction of sp³-hybridized carbons (Fsp3) is 0.320. The Balaban J connectivity index is 1.60. The molecule has 2 heterocycles. The molecule has 1 amide bonds. The van der Waals surface area contributed by atoms with E-state index < -0.39 is 0 Å². The van der Waals surface area contributed by atoms with Gasteiger partial charge in [-0.05, 0) is 63.4 Å². The lowest BCUT2D eigenvalue weighted by Gasteiger charge is -2.33. The van der Waals surface area contributed by atoms with Gasteiger partial charge in [0.25, 0.3) is 5.91 Å². The summed E-state index contributed by atoms with van der Waals surface area (Å²) in [6, 6.07) is 8.90. The third-order valence-electron chi connectivity index (χ3n) is 6.18. The third kappa shape index (κ3) is 4.91. The van der Waals surface area contributed by atoms with E-state index in [1.54, 1.807) is 12.1 Å². The van der Waals surface area contributed by atoms with Crippen LogP contribution in [-0.2, 0) is 0 Å². The summed E-state index contributed by atoms with van der Waals surface area (Å²) in [6.07, 6.45) is 4.31. The molecule has 0 bridgehead atoms. The number of rotatable bonds is 6. The molecule has 0 saturated carbocycles. The first-order valence-corrected chi connectivity index (χ1v) is 12.0. The zero-order valence-corrected chi connectivity index (χ0v) is 20.7. The quantitative estimate of drug-likeness (QED) is 0.294. The van der Waals surface area contributed by atoms with Crippen LogP contribution in [0.4, 0.5) is 5.69 Å². The number of imidazole rings is 1. The van der Waals surface area contributed by atoms with Gasteiger partial charge in [-0.25, -0.2) is 9.98 Å². The van der Waals surface area contributed by atoms with Gasteiger partial charge >= 0.3 is 0 Å². The van der Waals surface area contributed by atoms with Crippen LogP contribution in [0.2, 0.25) is 10.0 Å². The van der Waals surface area contributed by atoms with Crippen LogP contribution < -0.4 is 11.1 Å². The molecule has 0 aliphatic carbocycles. The van der Waals surface area contributed by atoms with Crippen LogP contribution in [0, 0.1) is 0 Å². The number of hydrogen-bond acceptors (Lipinski definition) is 4. The van der Waals surface area contributed by atoms with Crippen LogP contribution in [0.5, 0.6) is 0 Å². The van der Waals surface area contributed by atoms with Crippen LogP contribution >= 0.6 is 23.2 Å². The maximum absolute atomic E-state index is 13.2. The Bertz CT molecular complexity index is 1270. The number of benzene rings is 2. The van der Waals surface area contributed by atoms with Gasteiger partial charge in [0.1, 0.15) is 5.82 Å². The second kappa shape index (κ2) is 10.1. The van der Waals surface area contributed by atoms with E-state index in [1.165, 1.54) is 6.34 Å². The summed E-state index contributed by atoms with van der Waals surface area (Å²) < 4.78 is 0. The summed E-state index contributed by atoms with van der Waals surface area (Å²) >= 11 is 12.7. The number of carbonyl (C=O) groups is 1. The first kappa shape index (κ1) is 24.1. The molecule has 2 unspecified atom stereocenters. The topological polar surface area (TPSA) is 99.4 Å². The molecule has 2 aromatic carbocycles. The summed E-state index contributed by atoms with van der Waals surface area (Å²) in [7, 11) is 0. The van der Waals surface area contributed by atoms with E-state index in [4.69, 9.17) is 28.9 Å². The first-order chi connectivity index (χ1) is 16.3. The lowest BCUT2D eigenvalue weighted by Crippen LogP contribution is -2.42. The number of aliphatic imine (C=N–C) groups is 1. The third-order valence-corrected chi connectivity index (χ3v) is 6.73. The smallest absolute Gasteiger partial charge is 0.255 e. The molecule has 178 valence electrons. The van der Waals surface area contributed by atoms with Crippen molar-refractivity contribution in [2.24, 2.45) is 10.7 Å². The highest BCUT2D eigenvalue weighted by atomic mass is 35.5.